The van der Waals surface area contributed by atoms with Crippen LogP contribution in [0.1, 0.15) is 92.5 Å². The predicted octanol–water partition coefficient (Wildman–Crippen LogP) is 7.87. The third-order valence-corrected chi connectivity index (χ3v) is 9.38. The average molecular weight is 559 g/mol. The lowest BCUT2D eigenvalue weighted by atomic mass is 9.77. The van der Waals surface area contributed by atoms with Gasteiger partial charge < -0.3 is 10.1 Å². The van der Waals surface area contributed by atoms with Crippen LogP contribution in [0, 0.1) is 0 Å². The Morgan fingerprint density at radius 2 is 1.89 bits per heavy atom. The van der Waals surface area contributed by atoms with Crippen molar-refractivity contribution in [2.24, 2.45) is 0 Å². The van der Waals surface area contributed by atoms with E-state index in [-0.39, 0.29) is 5.72 Å². The standard InChI is InChI=1S/C32H36BrN3O/c1-2-4-29-28-19-24(33)9-10-30(28)37-32(35-29)12-15-36(16-13-32)20-21-17-26(22-5-3-6-22)25-11-14-34-31(23-7-8-23)27(25)18-21/h4,9-11,14,17-19,22-23,35H,2-3,5-8,12-13,15-16,20H2,1H3/b29-4+. The van der Waals surface area contributed by atoms with Crippen LogP contribution in [0.2, 0.25) is 0 Å². The van der Waals surface area contributed by atoms with Gasteiger partial charge in [-0.05, 0) is 84.9 Å². The number of hydrogen-bond acceptors (Lipinski definition) is 4. The van der Waals surface area contributed by atoms with E-state index >= 15 is 0 Å². The summed E-state index contributed by atoms with van der Waals surface area (Å²) in [6.45, 7) is 5.25. The van der Waals surface area contributed by atoms with Crippen molar-refractivity contribution >= 4 is 32.4 Å². The van der Waals surface area contributed by atoms with Gasteiger partial charge in [0.05, 0.1) is 5.69 Å². The zero-order chi connectivity index (χ0) is 25.0. The lowest BCUT2D eigenvalue weighted by Crippen LogP contribution is -2.58. The number of aromatic nitrogens is 1. The van der Waals surface area contributed by atoms with E-state index in [4.69, 9.17) is 9.72 Å². The molecule has 2 aliphatic heterocycles. The van der Waals surface area contributed by atoms with Gasteiger partial charge >= 0.3 is 0 Å². The Labute approximate surface area is 228 Å². The average Bonchev–Trinajstić information content (AvgIpc) is 3.71. The first kappa shape index (κ1) is 23.7. The fourth-order valence-electron chi connectivity index (χ4n) is 6.50. The molecule has 1 N–H and O–H groups in total. The number of benzene rings is 2. The number of fused-ring (bicyclic) bond motifs is 2. The van der Waals surface area contributed by atoms with Gasteiger partial charge in [0.2, 0.25) is 0 Å². The Morgan fingerprint density at radius 1 is 1.05 bits per heavy atom. The number of likely N-dealkylation sites (tertiary alicyclic amines) is 1. The highest BCUT2D eigenvalue weighted by Crippen LogP contribution is 2.46. The molecule has 2 saturated carbocycles. The van der Waals surface area contributed by atoms with Gasteiger partial charge in [0, 0.05) is 65.7 Å². The Bertz CT molecular complexity index is 1370. The molecule has 0 amide bonds. The van der Waals surface area contributed by atoms with Crippen molar-refractivity contribution in [3.05, 3.63) is 75.5 Å². The number of pyridine rings is 1. The van der Waals surface area contributed by atoms with Gasteiger partial charge in [0.25, 0.3) is 0 Å². The van der Waals surface area contributed by atoms with Gasteiger partial charge in [-0.15, -0.1) is 0 Å². The molecule has 4 aliphatic rings. The molecule has 0 bridgehead atoms. The van der Waals surface area contributed by atoms with Crippen molar-refractivity contribution in [1.82, 2.24) is 15.2 Å². The summed E-state index contributed by atoms with van der Waals surface area (Å²) in [5, 5.41) is 6.70. The molecule has 0 unspecified atom stereocenters. The maximum atomic E-state index is 6.66. The molecular weight excluding hydrogens is 522 g/mol. The number of halogens is 1. The van der Waals surface area contributed by atoms with Crippen molar-refractivity contribution in [2.75, 3.05) is 13.1 Å². The van der Waals surface area contributed by atoms with E-state index in [1.165, 1.54) is 59.8 Å². The lowest BCUT2D eigenvalue weighted by molar-refractivity contribution is -0.0206. The van der Waals surface area contributed by atoms with Gasteiger partial charge in [-0.2, -0.15) is 0 Å². The number of rotatable bonds is 5. The number of allylic oxidation sites excluding steroid dienone is 1. The Hall–Kier alpha value is -2.37. The molecule has 4 nitrogen and oxygen atoms in total. The van der Waals surface area contributed by atoms with Crippen LogP contribution in [0.25, 0.3) is 16.5 Å². The minimum absolute atomic E-state index is 0.318. The van der Waals surface area contributed by atoms with Gasteiger partial charge in [-0.3, -0.25) is 9.88 Å². The molecule has 2 aromatic carbocycles. The summed E-state index contributed by atoms with van der Waals surface area (Å²) in [6.07, 6.45) is 13.9. The fourth-order valence-corrected chi connectivity index (χ4v) is 6.86. The molecule has 5 heteroatoms. The quantitative estimate of drug-likeness (QED) is 0.346. The van der Waals surface area contributed by atoms with E-state index in [1.54, 1.807) is 5.56 Å². The van der Waals surface area contributed by atoms with Gasteiger partial charge in [-0.1, -0.05) is 41.4 Å². The Kier molecular flexibility index (Phi) is 6.04. The summed E-state index contributed by atoms with van der Waals surface area (Å²) < 4.78 is 7.75. The topological polar surface area (TPSA) is 37.4 Å². The normalized spacial score (nSPS) is 22.5. The van der Waals surface area contributed by atoms with Crippen LogP contribution in [0.4, 0.5) is 0 Å². The number of ether oxygens (including phenoxy) is 1. The number of nitrogens with zero attached hydrogens (tertiary/aromatic N) is 2. The van der Waals surface area contributed by atoms with Crippen molar-refractivity contribution < 1.29 is 4.74 Å². The molecule has 0 radical (unpaired) electrons. The molecule has 1 aromatic heterocycles. The van der Waals surface area contributed by atoms with Gasteiger partial charge in [0.15, 0.2) is 5.72 Å². The van der Waals surface area contributed by atoms with Crippen molar-refractivity contribution in [2.45, 2.75) is 82.4 Å². The fraction of sp³-hybridized carbons (Fsp3) is 0.469. The summed E-state index contributed by atoms with van der Waals surface area (Å²) in [4.78, 5) is 7.48. The van der Waals surface area contributed by atoms with E-state index in [0.29, 0.717) is 5.92 Å². The van der Waals surface area contributed by atoms with Crippen LogP contribution in [0.15, 0.2) is 53.1 Å². The van der Waals surface area contributed by atoms with Crippen LogP contribution in [0.3, 0.4) is 0 Å². The maximum absolute atomic E-state index is 6.66. The molecule has 7 rings (SSSR count). The molecule has 192 valence electrons. The van der Waals surface area contributed by atoms with Crippen molar-refractivity contribution in [1.29, 1.82) is 0 Å². The largest absolute Gasteiger partial charge is 0.467 e. The summed E-state index contributed by atoms with van der Waals surface area (Å²) in [5.74, 6) is 2.39. The smallest absolute Gasteiger partial charge is 0.183 e. The minimum atomic E-state index is -0.318. The minimum Gasteiger partial charge on any atom is -0.467 e. The summed E-state index contributed by atoms with van der Waals surface area (Å²) >= 11 is 3.63. The molecule has 2 aliphatic carbocycles. The van der Waals surface area contributed by atoms with Crippen molar-refractivity contribution in [3.63, 3.8) is 0 Å². The SMILES string of the molecule is CC/C=C1/NC2(CCN(Cc3cc(C4CCC4)c4ccnc(C5CC5)c4c3)CC2)Oc2ccc(Br)cc21. The molecule has 1 spiro atoms. The maximum Gasteiger partial charge on any atom is 0.183 e. The third kappa shape index (κ3) is 4.48. The molecule has 3 aromatic rings. The third-order valence-electron chi connectivity index (χ3n) is 8.89. The van der Waals surface area contributed by atoms with Crippen LogP contribution >= 0.6 is 15.9 Å². The first-order chi connectivity index (χ1) is 18.1. The van der Waals surface area contributed by atoms with Crippen LogP contribution in [-0.2, 0) is 6.54 Å². The predicted molar refractivity (Wildman–Crippen MR) is 154 cm³/mol. The number of hydrogen-bond donors (Lipinski definition) is 1. The van der Waals surface area contributed by atoms with E-state index in [1.807, 2.05) is 0 Å². The van der Waals surface area contributed by atoms with Crippen LogP contribution in [0.5, 0.6) is 5.75 Å². The molecule has 0 atom stereocenters. The van der Waals surface area contributed by atoms with Gasteiger partial charge in [0.1, 0.15) is 5.75 Å². The molecule has 3 fully saturated rings. The second-order valence-electron chi connectivity index (χ2n) is 11.5. The van der Waals surface area contributed by atoms with E-state index < -0.39 is 0 Å². The Balaban J connectivity index is 1.13. The first-order valence-electron chi connectivity index (χ1n) is 14.2. The molecule has 1 saturated heterocycles. The van der Waals surface area contributed by atoms with Crippen molar-refractivity contribution in [3.8, 4) is 5.75 Å². The number of nitrogens with one attached hydrogen (secondary N) is 1. The lowest BCUT2D eigenvalue weighted by Gasteiger charge is -2.46. The summed E-state index contributed by atoms with van der Waals surface area (Å²) in [6, 6.07) is 13.6. The van der Waals surface area contributed by atoms with E-state index in [9.17, 15) is 0 Å². The zero-order valence-corrected chi connectivity index (χ0v) is 23.3. The summed E-state index contributed by atoms with van der Waals surface area (Å²) in [5.41, 5.74) is 6.42. The molecule has 37 heavy (non-hydrogen) atoms. The summed E-state index contributed by atoms with van der Waals surface area (Å²) in [7, 11) is 0. The molecule has 3 heterocycles. The second-order valence-corrected chi connectivity index (χ2v) is 12.5. The first-order valence-corrected chi connectivity index (χ1v) is 15.0. The zero-order valence-electron chi connectivity index (χ0n) is 21.7. The van der Waals surface area contributed by atoms with E-state index in [2.05, 4.69) is 81.7 Å². The monoisotopic (exact) mass is 557 g/mol. The molecular formula is C32H36BrN3O. The van der Waals surface area contributed by atoms with Crippen LogP contribution < -0.4 is 10.1 Å². The second kappa shape index (κ2) is 9.43. The highest BCUT2D eigenvalue weighted by molar-refractivity contribution is 9.10. The number of piperidine rings is 1. The van der Waals surface area contributed by atoms with Crippen LogP contribution in [-0.4, -0.2) is 28.7 Å². The van der Waals surface area contributed by atoms with E-state index in [0.717, 1.165) is 60.6 Å². The Morgan fingerprint density at radius 3 is 2.62 bits per heavy atom. The highest BCUT2D eigenvalue weighted by Gasteiger charge is 2.41. The van der Waals surface area contributed by atoms with Gasteiger partial charge in [-0.25, -0.2) is 0 Å². The highest BCUT2D eigenvalue weighted by atomic mass is 79.9.